The van der Waals surface area contributed by atoms with Crippen LogP contribution in [0.3, 0.4) is 0 Å². The van der Waals surface area contributed by atoms with Crippen molar-refractivity contribution in [1.82, 2.24) is 9.55 Å². The third kappa shape index (κ3) is 3.35. The lowest BCUT2D eigenvalue weighted by Crippen LogP contribution is -2.37. The van der Waals surface area contributed by atoms with Crippen LogP contribution in [0, 0.1) is 6.92 Å². The molecule has 25 heavy (non-hydrogen) atoms. The van der Waals surface area contributed by atoms with Crippen molar-refractivity contribution in [1.29, 1.82) is 0 Å². The molecule has 0 spiro atoms. The fourth-order valence-electron chi connectivity index (χ4n) is 2.86. The highest BCUT2D eigenvalue weighted by Crippen LogP contribution is 2.22. The number of aryl methyl sites for hydroxylation is 2. The van der Waals surface area contributed by atoms with Crippen molar-refractivity contribution >= 4 is 33.1 Å². The first-order valence-corrected chi connectivity index (χ1v) is 9.22. The minimum absolute atomic E-state index is 0.00630. The first-order chi connectivity index (χ1) is 12.0. The number of aromatic nitrogens is 2. The first kappa shape index (κ1) is 17.4. The Morgan fingerprint density at radius 1 is 1.24 bits per heavy atom. The zero-order chi connectivity index (χ0) is 18.0. The summed E-state index contributed by atoms with van der Waals surface area (Å²) in [6.07, 6.45) is 0.871. The van der Waals surface area contributed by atoms with Gasteiger partial charge in [-0.15, -0.1) is 11.3 Å². The molecule has 0 aliphatic rings. The van der Waals surface area contributed by atoms with Crippen LogP contribution in [-0.2, 0) is 17.8 Å². The quantitative estimate of drug-likeness (QED) is 0.705. The van der Waals surface area contributed by atoms with Crippen LogP contribution in [0.1, 0.15) is 24.5 Å². The smallest absolute Gasteiger partial charge is 0.262 e. The van der Waals surface area contributed by atoms with Crippen molar-refractivity contribution in [2.75, 3.05) is 11.4 Å². The molecule has 0 aliphatic heterocycles. The number of thiophene rings is 1. The number of fused-ring (bicyclic) bond motifs is 1. The SMILES string of the molecule is CCc1cc2c(=O)n(CC(=O)N(CC)c3ccccc3)c(C)nc2s1. The van der Waals surface area contributed by atoms with E-state index in [9.17, 15) is 9.59 Å². The van der Waals surface area contributed by atoms with Gasteiger partial charge in [0.2, 0.25) is 5.91 Å². The molecule has 2 heterocycles. The maximum absolute atomic E-state index is 12.8. The number of carbonyl (C=O) groups is 1. The number of amides is 1. The van der Waals surface area contributed by atoms with Crippen LogP contribution in [-0.4, -0.2) is 22.0 Å². The second kappa shape index (κ2) is 7.19. The monoisotopic (exact) mass is 355 g/mol. The van der Waals surface area contributed by atoms with Gasteiger partial charge in [-0.25, -0.2) is 4.98 Å². The molecule has 0 radical (unpaired) electrons. The van der Waals surface area contributed by atoms with E-state index < -0.39 is 0 Å². The lowest BCUT2D eigenvalue weighted by Gasteiger charge is -2.22. The summed E-state index contributed by atoms with van der Waals surface area (Å²) in [6.45, 7) is 6.30. The second-order valence-corrected chi connectivity index (χ2v) is 6.92. The Kier molecular flexibility index (Phi) is 4.99. The van der Waals surface area contributed by atoms with E-state index in [1.165, 1.54) is 4.57 Å². The van der Waals surface area contributed by atoms with E-state index in [1.54, 1.807) is 23.2 Å². The molecule has 2 aromatic heterocycles. The molecule has 5 nitrogen and oxygen atoms in total. The Bertz CT molecular complexity index is 960. The molecule has 3 rings (SSSR count). The standard InChI is InChI=1S/C19H21N3O2S/c1-4-15-11-16-18(25-15)20-13(3)22(19(16)24)12-17(23)21(5-2)14-9-7-6-8-10-14/h6-11H,4-5,12H2,1-3H3. The first-order valence-electron chi connectivity index (χ1n) is 8.40. The Balaban J connectivity index is 1.96. The fourth-order valence-corrected chi connectivity index (χ4v) is 3.86. The van der Waals surface area contributed by atoms with Gasteiger partial charge in [-0.1, -0.05) is 25.1 Å². The van der Waals surface area contributed by atoms with E-state index in [0.29, 0.717) is 17.8 Å². The van der Waals surface area contributed by atoms with Gasteiger partial charge in [-0.2, -0.15) is 0 Å². The van der Waals surface area contributed by atoms with Crippen LogP contribution in [0.4, 0.5) is 5.69 Å². The average Bonchev–Trinajstić information content (AvgIpc) is 3.03. The number of benzene rings is 1. The van der Waals surface area contributed by atoms with Crippen LogP contribution in [0.5, 0.6) is 0 Å². The number of likely N-dealkylation sites (N-methyl/N-ethyl adjacent to an activating group) is 1. The van der Waals surface area contributed by atoms with Gasteiger partial charge in [0, 0.05) is 17.1 Å². The molecule has 1 aromatic carbocycles. The maximum atomic E-state index is 12.8. The molecule has 0 saturated carbocycles. The van der Waals surface area contributed by atoms with Crippen LogP contribution in [0.2, 0.25) is 0 Å². The molecule has 6 heteroatoms. The fraction of sp³-hybridized carbons (Fsp3) is 0.316. The molecular formula is C19H21N3O2S. The van der Waals surface area contributed by atoms with Gasteiger partial charge < -0.3 is 4.90 Å². The summed E-state index contributed by atoms with van der Waals surface area (Å²) in [6, 6.07) is 11.4. The van der Waals surface area contributed by atoms with Crippen LogP contribution >= 0.6 is 11.3 Å². The number of anilines is 1. The number of carbonyl (C=O) groups excluding carboxylic acids is 1. The third-order valence-electron chi connectivity index (χ3n) is 4.22. The van der Waals surface area contributed by atoms with Crippen molar-refractivity contribution in [2.45, 2.75) is 33.7 Å². The molecule has 0 saturated heterocycles. The molecule has 0 bridgehead atoms. The third-order valence-corrected chi connectivity index (χ3v) is 5.39. The lowest BCUT2D eigenvalue weighted by molar-refractivity contribution is -0.119. The molecule has 0 N–H and O–H groups in total. The van der Waals surface area contributed by atoms with Crippen molar-refractivity contribution in [3.05, 3.63) is 57.5 Å². The highest BCUT2D eigenvalue weighted by molar-refractivity contribution is 7.18. The maximum Gasteiger partial charge on any atom is 0.262 e. The minimum atomic E-state index is -0.143. The van der Waals surface area contributed by atoms with Crippen molar-refractivity contribution in [2.24, 2.45) is 0 Å². The minimum Gasteiger partial charge on any atom is -0.311 e. The Labute approximate surface area is 150 Å². The van der Waals surface area contributed by atoms with Gasteiger partial charge in [0.25, 0.3) is 5.56 Å². The lowest BCUT2D eigenvalue weighted by atomic mass is 10.2. The number of hydrogen-bond donors (Lipinski definition) is 0. The predicted octanol–water partition coefficient (Wildman–Crippen LogP) is 3.38. The summed E-state index contributed by atoms with van der Waals surface area (Å²) >= 11 is 1.54. The van der Waals surface area contributed by atoms with Gasteiger partial charge in [0.05, 0.1) is 5.39 Å². The highest BCUT2D eigenvalue weighted by Gasteiger charge is 2.18. The van der Waals surface area contributed by atoms with Crippen molar-refractivity contribution in [3.63, 3.8) is 0 Å². The normalized spacial score (nSPS) is 11.0. The Hall–Kier alpha value is -2.47. The zero-order valence-corrected chi connectivity index (χ0v) is 15.5. The molecule has 0 atom stereocenters. The average molecular weight is 355 g/mol. The molecule has 3 aromatic rings. The molecule has 0 unspecified atom stereocenters. The van der Waals surface area contributed by atoms with E-state index in [0.717, 1.165) is 21.8 Å². The second-order valence-electron chi connectivity index (χ2n) is 5.81. The van der Waals surface area contributed by atoms with Crippen LogP contribution in [0.15, 0.2) is 41.2 Å². The van der Waals surface area contributed by atoms with Crippen LogP contribution < -0.4 is 10.5 Å². The van der Waals surface area contributed by atoms with E-state index in [4.69, 9.17) is 0 Å². The van der Waals surface area contributed by atoms with E-state index >= 15 is 0 Å². The van der Waals surface area contributed by atoms with Crippen molar-refractivity contribution < 1.29 is 4.79 Å². The topological polar surface area (TPSA) is 55.2 Å². The molecular weight excluding hydrogens is 334 g/mol. The van der Waals surface area contributed by atoms with Gasteiger partial charge in [0.15, 0.2) is 0 Å². The molecule has 0 fully saturated rings. The summed E-state index contributed by atoms with van der Waals surface area (Å²) in [5.74, 6) is 0.450. The van der Waals surface area contributed by atoms with Gasteiger partial charge >= 0.3 is 0 Å². The van der Waals surface area contributed by atoms with Crippen LogP contribution in [0.25, 0.3) is 10.2 Å². The summed E-state index contributed by atoms with van der Waals surface area (Å²) < 4.78 is 1.47. The predicted molar refractivity (Wildman–Crippen MR) is 102 cm³/mol. The van der Waals surface area contributed by atoms with Gasteiger partial charge in [0.1, 0.15) is 17.2 Å². The number of hydrogen-bond acceptors (Lipinski definition) is 4. The number of nitrogens with zero attached hydrogens (tertiary/aromatic N) is 3. The summed E-state index contributed by atoms with van der Waals surface area (Å²) in [7, 11) is 0. The highest BCUT2D eigenvalue weighted by atomic mass is 32.1. The summed E-state index contributed by atoms with van der Waals surface area (Å²) in [5, 5.41) is 0.600. The van der Waals surface area contributed by atoms with Crippen molar-refractivity contribution in [3.8, 4) is 0 Å². The molecule has 0 aliphatic carbocycles. The van der Waals surface area contributed by atoms with Gasteiger partial charge in [-0.05, 0) is 38.5 Å². The molecule has 1 amide bonds. The Morgan fingerprint density at radius 2 is 1.96 bits per heavy atom. The molecule has 130 valence electrons. The van der Waals surface area contributed by atoms with Gasteiger partial charge in [-0.3, -0.25) is 14.2 Å². The number of rotatable bonds is 5. The van der Waals surface area contributed by atoms with E-state index in [1.807, 2.05) is 43.3 Å². The summed E-state index contributed by atoms with van der Waals surface area (Å²) in [5.41, 5.74) is 0.689. The largest absolute Gasteiger partial charge is 0.311 e. The Morgan fingerprint density at radius 3 is 2.60 bits per heavy atom. The van der Waals surface area contributed by atoms with E-state index in [2.05, 4.69) is 11.9 Å². The van der Waals surface area contributed by atoms with E-state index in [-0.39, 0.29) is 18.0 Å². The summed E-state index contributed by atoms with van der Waals surface area (Å²) in [4.78, 5) is 33.7. The zero-order valence-electron chi connectivity index (χ0n) is 14.7. The number of para-hydroxylation sites is 1.